The van der Waals surface area contributed by atoms with Crippen LogP contribution in [0, 0.1) is 0 Å². The van der Waals surface area contributed by atoms with Crippen molar-refractivity contribution in [1.82, 2.24) is 19.9 Å². The second-order valence-electron chi connectivity index (χ2n) is 10.5. The molecule has 41 heavy (non-hydrogen) atoms. The number of anilines is 1. The zero-order valence-electron chi connectivity index (χ0n) is 24.1. The first kappa shape index (κ1) is 30.4. The Labute approximate surface area is 241 Å². The summed E-state index contributed by atoms with van der Waals surface area (Å²) in [6.45, 7) is 7.61. The third-order valence-corrected chi connectivity index (χ3v) is 7.20. The molecule has 2 aromatic heterocycles. The minimum absolute atomic E-state index is 0.0959. The molecule has 0 spiro atoms. The molecule has 0 amide bonds. The molecule has 0 aliphatic heterocycles. The van der Waals surface area contributed by atoms with Gasteiger partial charge in [0, 0.05) is 23.7 Å². The maximum Gasteiger partial charge on any atom is 0.418 e. The number of rotatable bonds is 15. The van der Waals surface area contributed by atoms with Crippen molar-refractivity contribution < 1.29 is 13.2 Å². The second-order valence-corrected chi connectivity index (χ2v) is 10.5. The van der Waals surface area contributed by atoms with Crippen molar-refractivity contribution in [2.75, 3.05) is 25.0 Å². The normalized spacial score (nSPS) is 11.9. The van der Waals surface area contributed by atoms with Crippen LogP contribution in [0.4, 0.5) is 19.0 Å². The molecule has 4 rings (SSSR count). The third kappa shape index (κ3) is 8.73. The Bertz CT molecular complexity index is 1360. The van der Waals surface area contributed by atoms with Crippen LogP contribution in [0.5, 0.6) is 0 Å². The Balaban J connectivity index is 1.68. The number of hydrogen-bond acceptors (Lipinski definition) is 5. The van der Waals surface area contributed by atoms with E-state index in [9.17, 15) is 13.2 Å². The molecule has 2 aromatic carbocycles. The van der Waals surface area contributed by atoms with Crippen molar-refractivity contribution in [3.8, 4) is 11.3 Å². The molecule has 0 aliphatic carbocycles. The highest BCUT2D eigenvalue weighted by Gasteiger charge is 2.34. The summed E-state index contributed by atoms with van der Waals surface area (Å²) in [5.41, 5.74) is 1.35. The summed E-state index contributed by atoms with van der Waals surface area (Å²) in [5, 5.41) is 4.26. The first-order valence-electron chi connectivity index (χ1n) is 14.7. The molecule has 0 saturated heterocycles. The largest absolute Gasteiger partial charge is 0.418 e. The summed E-state index contributed by atoms with van der Waals surface area (Å²) in [6, 6.07) is 17.8. The first-order valence-corrected chi connectivity index (χ1v) is 14.7. The van der Waals surface area contributed by atoms with Gasteiger partial charge in [0.15, 0.2) is 0 Å². The predicted molar refractivity (Wildman–Crippen MR) is 161 cm³/mol. The van der Waals surface area contributed by atoms with E-state index in [-0.39, 0.29) is 5.69 Å². The van der Waals surface area contributed by atoms with E-state index < -0.39 is 11.7 Å². The topological polar surface area (TPSA) is 53.9 Å². The number of halogens is 3. The summed E-state index contributed by atoms with van der Waals surface area (Å²) >= 11 is 0. The molecule has 0 aliphatic rings. The van der Waals surface area contributed by atoms with Gasteiger partial charge in [-0.05, 0) is 62.2 Å². The molecule has 8 heteroatoms. The molecule has 5 nitrogen and oxygen atoms in total. The van der Waals surface area contributed by atoms with E-state index in [0.717, 1.165) is 56.6 Å². The maximum atomic E-state index is 13.8. The van der Waals surface area contributed by atoms with Crippen molar-refractivity contribution in [3.63, 3.8) is 0 Å². The molecular formula is C33H40F3N5. The first-order chi connectivity index (χ1) is 19.9. The van der Waals surface area contributed by atoms with Gasteiger partial charge in [0.1, 0.15) is 11.6 Å². The van der Waals surface area contributed by atoms with Gasteiger partial charge in [-0.1, -0.05) is 75.9 Å². The molecule has 0 unspecified atom stereocenters. The summed E-state index contributed by atoms with van der Waals surface area (Å²) in [6.07, 6.45) is 4.59. The lowest BCUT2D eigenvalue weighted by molar-refractivity contribution is -0.137. The van der Waals surface area contributed by atoms with Gasteiger partial charge in [-0.3, -0.25) is 9.88 Å². The van der Waals surface area contributed by atoms with E-state index >= 15 is 0 Å². The fourth-order valence-electron chi connectivity index (χ4n) is 5.01. The van der Waals surface area contributed by atoms with Crippen LogP contribution in [-0.4, -0.2) is 39.5 Å². The molecule has 0 bridgehead atoms. The smallest absolute Gasteiger partial charge is 0.369 e. The SMILES string of the molecule is CCCCCN(CCCCC)Cc1nc(NCCc2ccccc2)c2ccc(-c3ncccc3C(F)(F)F)cc2n1. The molecule has 0 radical (unpaired) electrons. The van der Waals surface area contributed by atoms with E-state index in [2.05, 4.69) is 41.2 Å². The number of aromatic nitrogens is 3. The Morgan fingerprint density at radius 1 is 0.829 bits per heavy atom. The summed E-state index contributed by atoms with van der Waals surface area (Å²) in [4.78, 5) is 16.3. The summed E-state index contributed by atoms with van der Waals surface area (Å²) < 4.78 is 41.3. The molecule has 0 atom stereocenters. The van der Waals surface area contributed by atoms with Crippen LogP contribution >= 0.6 is 0 Å². The zero-order chi connectivity index (χ0) is 29.1. The van der Waals surface area contributed by atoms with Crippen LogP contribution < -0.4 is 5.32 Å². The quantitative estimate of drug-likeness (QED) is 0.147. The van der Waals surface area contributed by atoms with Crippen LogP contribution in [0.1, 0.15) is 69.3 Å². The van der Waals surface area contributed by atoms with Gasteiger partial charge in [0.2, 0.25) is 0 Å². The van der Waals surface area contributed by atoms with Crippen LogP contribution in [0.25, 0.3) is 22.2 Å². The number of fused-ring (bicyclic) bond motifs is 1. The van der Waals surface area contributed by atoms with Crippen molar-refractivity contribution >= 4 is 16.7 Å². The number of unbranched alkanes of at least 4 members (excludes halogenated alkanes) is 4. The predicted octanol–water partition coefficient (Wildman–Crippen LogP) is 8.55. The van der Waals surface area contributed by atoms with Crippen LogP contribution in [-0.2, 0) is 19.1 Å². The summed E-state index contributed by atoms with van der Waals surface area (Å²) in [5.74, 6) is 1.37. The van der Waals surface area contributed by atoms with Gasteiger partial charge >= 0.3 is 6.18 Å². The number of benzene rings is 2. The highest BCUT2D eigenvalue weighted by Crippen LogP contribution is 2.36. The Kier molecular flexibility index (Phi) is 11.1. The van der Waals surface area contributed by atoms with Crippen molar-refractivity contribution in [2.45, 2.75) is 71.5 Å². The van der Waals surface area contributed by atoms with E-state index in [1.165, 1.54) is 30.7 Å². The molecule has 218 valence electrons. The lowest BCUT2D eigenvalue weighted by Gasteiger charge is -2.22. The lowest BCUT2D eigenvalue weighted by atomic mass is 10.0. The number of hydrogen-bond donors (Lipinski definition) is 1. The summed E-state index contributed by atoms with van der Waals surface area (Å²) in [7, 11) is 0. The maximum absolute atomic E-state index is 13.8. The van der Waals surface area contributed by atoms with E-state index in [1.54, 1.807) is 18.2 Å². The molecule has 0 saturated carbocycles. The molecule has 1 N–H and O–H groups in total. The number of alkyl halides is 3. The minimum Gasteiger partial charge on any atom is -0.369 e. The van der Waals surface area contributed by atoms with Crippen molar-refractivity contribution in [1.29, 1.82) is 0 Å². The Morgan fingerprint density at radius 3 is 2.24 bits per heavy atom. The lowest BCUT2D eigenvalue weighted by Crippen LogP contribution is -2.27. The molecular weight excluding hydrogens is 523 g/mol. The monoisotopic (exact) mass is 563 g/mol. The van der Waals surface area contributed by atoms with E-state index in [0.29, 0.717) is 35.8 Å². The van der Waals surface area contributed by atoms with Gasteiger partial charge in [0.25, 0.3) is 0 Å². The third-order valence-electron chi connectivity index (χ3n) is 7.20. The highest BCUT2D eigenvalue weighted by molar-refractivity contribution is 5.92. The number of pyridine rings is 1. The average molecular weight is 564 g/mol. The Hall–Kier alpha value is -3.52. The zero-order valence-corrected chi connectivity index (χ0v) is 24.1. The molecule has 0 fully saturated rings. The van der Waals surface area contributed by atoms with Crippen molar-refractivity contribution in [3.05, 3.63) is 83.8 Å². The standard InChI is InChI=1S/C33H40F3N5/c1-3-5-10-21-41(22-11-6-4-2)24-30-39-29-23-26(31-28(33(34,35)36)15-12-19-37-31)16-17-27(29)32(40-30)38-20-18-25-13-8-7-9-14-25/h7-9,12-17,19,23H,3-6,10-11,18,20-22,24H2,1-2H3,(H,38,39,40). The van der Waals surface area contributed by atoms with Gasteiger partial charge in [0.05, 0.1) is 23.3 Å². The van der Waals surface area contributed by atoms with Crippen LogP contribution in [0.3, 0.4) is 0 Å². The number of nitrogens with zero attached hydrogens (tertiary/aromatic N) is 4. The van der Waals surface area contributed by atoms with E-state index in [4.69, 9.17) is 9.97 Å². The number of nitrogens with one attached hydrogen (secondary N) is 1. The van der Waals surface area contributed by atoms with Crippen LogP contribution in [0.2, 0.25) is 0 Å². The fourth-order valence-corrected chi connectivity index (χ4v) is 5.01. The fraction of sp³-hybridized carbons (Fsp3) is 0.424. The van der Waals surface area contributed by atoms with Crippen LogP contribution in [0.15, 0.2) is 66.9 Å². The van der Waals surface area contributed by atoms with Gasteiger partial charge < -0.3 is 5.32 Å². The van der Waals surface area contributed by atoms with E-state index in [1.807, 2.05) is 18.2 Å². The second kappa shape index (κ2) is 14.9. The van der Waals surface area contributed by atoms with Gasteiger partial charge in [-0.15, -0.1) is 0 Å². The molecule has 2 heterocycles. The average Bonchev–Trinajstić information content (AvgIpc) is 2.97. The molecule has 4 aromatic rings. The highest BCUT2D eigenvalue weighted by atomic mass is 19.4. The van der Waals surface area contributed by atoms with Gasteiger partial charge in [-0.2, -0.15) is 13.2 Å². The van der Waals surface area contributed by atoms with Gasteiger partial charge in [-0.25, -0.2) is 9.97 Å². The minimum atomic E-state index is -4.50. The Morgan fingerprint density at radius 2 is 1.56 bits per heavy atom. The van der Waals surface area contributed by atoms with Crippen molar-refractivity contribution in [2.24, 2.45) is 0 Å².